The number of rotatable bonds is 0. The molecule has 0 aliphatic rings. The van der Waals surface area contributed by atoms with E-state index in [1.807, 2.05) is 6.92 Å². The minimum Gasteiger partial charge on any atom is -0.573 e. The molecule has 0 saturated heterocycles. The molecule has 0 aliphatic carbocycles. The van der Waals surface area contributed by atoms with E-state index in [1.165, 1.54) is 0 Å². The van der Waals surface area contributed by atoms with Crippen LogP contribution in [0.2, 0.25) is 0 Å². The summed E-state index contributed by atoms with van der Waals surface area (Å²) in [6.45, 7) is 1.86. The summed E-state index contributed by atoms with van der Waals surface area (Å²) in [5.41, 5.74) is 0. The Hall–Kier alpha value is 0.332. The molecule has 0 unspecified atom stereocenters. The van der Waals surface area contributed by atoms with Crippen LogP contribution in [0, 0.1) is 44.1 Å². The van der Waals surface area contributed by atoms with Crippen molar-refractivity contribution in [2.75, 3.05) is 0 Å². The smallest absolute Gasteiger partial charge is 0 e. The average Bonchev–Trinajstić information content (AvgIpc) is 1.86. The van der Waals surface area contributed by atoms with Crippen molar-refractivity contribution in [3.8, 4) is 0 Å². The van der Waals surface area contributed by atoms with Crippen LogP contribution in [0.15, 0.2) is 16.7 Å². The van der Waals surface area contributed by atoms with Gasteiger partial charge in [-0.3, -0.25) is 0 Å². The fourth-order valence-electron chi connectivity index (χ4n) is 0.321. The van der Waals surface area contributed by atoms with Crippen molar-refractivity contribution in [1.82, 2.24) is 0 Å². The van der Waals surface area contributed by atoms with Crippen molar-refractivity contribution in [3.05, 3.63) is 24.2 Å². The third-order valence-corrected chi connectivity index (χ3v) is 0.599. The van der Waals surface area contributed by atoms with Crippen LogP contribution in [0.4, 0.5) is 0 Å². The Bertz CT molecular complexity index is 112. The molecule has 0 radical (unpaired) electrons. The van der Waals surface area contributed by atoms with Crippen LogP contribution in [0.3, 0.4) is 0 Å². The van der Waals surface area contributed by atoms with Crippen molar-refractivity contribution < 1.29 is 35.5 Å². The first kappa shape index (κ1) is 7.33. The minimum absolute atomic E-state index is 0. The van der Waals surface area contributed by atoms with Crippen LogP contribution in [0.1, 0.15) is 5.76 Å². The SMILES string of the molecule is Cc1[c-]cco1.[U]. The molecule has 1 rings (SSSR count). The summed E-state index contributed by atoms with van der Waals surface area (Å²) in [4.78, 5) is 0. The zero-order chi connectivity index (χ0) is 4.41. The molecule has 0 spiro atoms. The van der Waals surface area contributed by atoms with E-state index in [1.54, 1.807) is 12.3 Å². The van der Waals surface area contributed by atoms with Gasteiger partial charge < -0.3 is 4.42 Å². The number of aryl methyl sites for hydroxylation is 1. The normalized spacial score (nSPS) is 7.57. The van der Waals surface area contributed by atoms with Crippen molar-refractivity contribution >= 4 is 0 Å². The van der Waals surface area contributed by atoms with Gasteiger partial charge in [0.25, 0.3) is 0 Å². The van der Waals surface area contributed by atoms with Gasteiger partial charge in [-0.25, -0.2) is 6.07 Å². The van der Waals surface area contributed by atoms with Gasteiger partial charge in [0.15, 0.2) is 0 Å². The van der Waals surface area contributed by atoms with Crippen molar-refractivity contribution in [2.24, 2.45) is 0 Å². The molecule has 2 heteroatoms. The van der Waals surface area contributed by atoms with E-state index in [9.17, 15) is 0 Å². The maximum atomic E-state index is 4.78. The van der Waals surface area contributed by atoms with Gasteiger partial charge in [-0.05, 0) is 12.7 Å². The van der Waals surface area contributed by atoms with E-state index in [4.69, 9.17) is 4.42 Å². The molecule has 0 saturated carbocycles. The van der Waals surface area contributed by atoms with Crippen LogP contribution in [-0.4, -0.2) is 0 Å². The minimum atomic E-state index is 0. The fraction of sp³-hybridized carbons (Fsp3) is 0.200. The molecule has 0 bridgehead atoms. The number of hydrogen-bond acceptors (Lipinski definition) is 1. The van der Waals surface area contributed by atoms with E-state index < -0.39 is 0 Å². The van der Waals surface area contributed by atoms with Crippen LogP contribution in [0.25, 0.3) is 0 Å². The first-order chi connectivity index (χ1) is 2.89. The van der Waals surface area contributed by atoms with E-state index >= 15 is 0 Å². The van der Waals surface area contributed by atoms with E-state index in [0.29, 0.717) is 0 Å². The Kier molecular flexibility index (Phi) is 3.51. The predicted octanol–water partition coefficient (Wildman–Crippen LogP) is 1.39. The van der Waals surface area contributed by atoms with Gasteiger partial charge in [-0.15, -0.1) is 0 Å². The van der Waals surface area contributed by atoms with Crippen LogP contribution in [-0.2, 0) is 0 Å². The van der Waals surface area contributed by atoms with Crippen LogP contribution < -0.4 is 0 Å². The van der Waals surface area contributed by atoms with Gasteiger partial charge in [0.1, 0.15) is 0 Å². The largest absolute Gasteiger partial charge is 0.573 e. The predicted molar refractivity (Wildman–Crippen MR) is 22.3 cm³/mol. The summed E-state index contributed by atoms with van der Waals surface area (Å²) in [6, 6.07) is 4.58. The first-order valence-corrected chi connectivity index (χ1v) is 1.81. The summed E-state index contributed by atoms with van der Waals surface area (Å²) in [5.74, 6) is 0.843. The first-order valence-electron chi connectivity index (χ1n) is 1.81. The van der Waals surface area contributed by atoms with Gasteiger partial charge in [0, 0.05) is 31.1 Å². The molecular weight excluding hydrogens is 314 g/mol. The second-order valence-electron chi connectivity index (χ2n) is 1.12. The van der Waals surface area contributed by atoms with E-state index in [-0.39, 0.29) is 31.1 Å². The molecule has 0 aliphatic heterocycles. The molecule has 0 aromatic carbocycles. The number of hydrogen-bond donors (Lipinski definition) is 0. The van der Waals surface area contributed by atoms with Crippen molar-refractivity contribution in [1.29, 1.82) is 0 Å². The molecule has 1 aromatic heterocycles. The summed E-state index contributed by atoms with van der Waals surface area (Å²) in [6.07, 6.45) is 1.61. The van der Waals surface area contributed by atoms with Gasteiger partial charge >= 0.3 is 0 Å². The molecule has 36 valence electrons. The Morgan fingerprint density at radius 1 is 1.71 bits per heavy atom. The van der Waals surface area contributed by atoms with Gasteiger partial charge in [0.05, 0.1) is 0 Å². The third kappa shape index (κ3) is 2.21. The summed E-state index contributed by atoms with van der Waals surface area (Å²) in [7, 11) is 0. The zero-order valence-electron chi connectivity index (χ0n) is 4.06. The molecule has 1 aromatic rings. The quantitative estimate of drug-likeness (QED) is 0.659. The second kappa shape index (κ2) is 3.35. The molecule has 0 fully saturated rings. The summed E-state index contributed by atoms with van der Waals surface area (Å²) in [5, 5.41) is 0. The molecule has 1 heterocycles. The molecule has 0 N–H and O–H groups in total. The molecular formula is C5H5OU-. The van der Waals surface area contributed by atoms with Crippen LogP contribution >= 0.6 is 0 Å². The third-order valence-electron chi connectivity index (χ3n) is 0.599. The zero-order valence-corrected chi connectivity index (χ0v) is 8.23. The maximum absolute atomic E-state index is 4.78. The standard InChI is InChI=1S/C5H5O.U/c1-5-3-2-4-6-5;/h2,4H,1H3;/q-1;. The fourth-order valence-corrected chi connectivity index (χ4v) is 0.321. The molecule has 1 nitrogen and oxygen atoms in total. The molecule has 7 heavy (non-hydrogen) atoms. The molecule has 0 amide bonds. The van der Waals surface area contributed by atoms with E-state index in [0.717, 1.165) is 5.76 Å². The summed E-state index contributed by atoms with van der Waals surface area (Å²) >= 11 is 0. The average molecular weight is 319 g/mol. The summed E-state index contributed by atoms with van der Waals surface area (Å²) < 4.78 is 4.78. The van der Waals surface area contributed by atoms with Gasteiger partial charge in [-0.1, -0.05) is 6.26 Å². The Labute approximate surface area is 66.5 Å². The maximum Gasteiger partial charge on any atom is 0 e. The monoisotopic (exact) mass is 319 g/mol. The number of furan rings is 1. The topological polar surface area (TPSA) is 13.1 Å². The second-order valence-corrected chi connectivity index (χ2v) is 1.12. The van der Waals surface area contributed by atoms with Crippen molar-refractivity contribution in [2.45, 2.75) is 6.92 Å². The Morgan fingerprint density at radius 2 is 2.43 bits per heavy atom. The van der Waals surface area contributed by atoms with Crippen LogP contribution in [0.5, 0.6) is 0 Å². The van der Waals surface area contributed by atoms with Gasteiger partial charge in [-0.2, -0.15) is 6.07 Å². The molecule has 0 atom stereocenters. The van der Waals surface area contributed by atoms with Gasteiger partial charge in [0.2, 0.25) is 0 Å². The Morgan fingerprint density at radius 3 is 2.57 bits per heavy atom. The Balaban J connectivity index is 0.000000360. The van der Waals surface area contributed by atoms with E-state index in [2.05, 4.69) is 6.07 Å². The van der Waals surface area contributed by atoms with Crippen molar-refractivity contribution in [3.63, 3.8) is 0 Å².